The number of unbranched alkanes of at least 4 members (excludes halogenated alkanes) is 1. The van der Waals surface area contributed by atoms with E-state index in [1.54, 1.807) is 26.0 Å². The highest BCUT2D eigenvalue weighted by molar-refractivity contribution is 7.15. The molecule has 9 heteroatoms. The van der Waals surface area contributed by atoms with E-state index in [0.717, 1.165) is 37.0 Å². The molecule has 0 saturated heterocycles. The minimum absolute atomic E-state index is 0.182. The van der Waals surface area contributed by atoms with Crippen LogP contribution in [-0.2, 0) is 11.2 Å². The molecule has 0 fully saturated rings. The zero-order valence-electron chi connectivity index (χ0n) is 20.2. The van der Waals surface area contributed by atoms with Crippen LogP contribution in [0.2, 0.25) is 0 Å². The van der Waals surface area contributed by atoms with Gasteiger partial charge in [-0.15, -0.1) is 11.3 Å². The number of carbonyl (C=O) groups is 3. The van der Waals surface area contributed by atoms with Gasteiger partial charge in [-0.1, -0.05) is 32.4 Å². The highest BCUT2D eigenvalue weighted by Gasteiger charge is 2.17. The fourth-order valence-corrected chi connectivity index (χ4v) is 3.92. The lowest BCUT2D eigenvalue weighted by Gasteiger charge is -2.11. The molecular weight excluding hydrogens is 450 g/mol. The van der Waals surface area contributed by atoms with Gasteiger partial charge in [0.2, 0.25) is 0 Å². The summed E-state index contributed by atoms with van der Waals surface area (Å²) in [6.07, 6.45) is 4.07. The van der Waals surface area contributed by atoms with Crippen LogP contribution in [0.15, 0.2) is 52.8 Å². The standard InChI is InChI=1S/C25H33N5O3S/c1-5-7-8-18-9-11-19(12-10-18)28-25(33)22(16(3)26)17(4)29-30-24(32)21-14-13-20(34-21)23(31)27-15-6-2/h9-14H,5-8,15,26H2,1-4H3,(H,27,31)(H,28,33)(H,30,32). The third-order valence-corrected chi connectivity index (χ3v) is 6.01. The van der Waals surface area contributed by atoms with E-state index < -0.39 is 11.8 Å². The van der Waals surface area contributed by atoms with Crippen molar-refractivity contribution in [1.82, 2.24) is 10.7 Å². The Labute approximate surface area is 204 Å². The number of hydrogen-bond donors (Lipinski definition) is 4. The van der Waals surface area contributed by atoms with E-state index in [1.807, 2.05) is 31.2 Å². The Balaban J connectivity index is 2.04. The largest absolute Gasteiger partial charge is 0.402 e. The second kappa shape index (κ2) is 13.3. The highest BCUT2D eigenvalue weighted by atomic mass is 32.1. The molecule has 5 N–H and O–H groups in total. The molecule has 0 atom stereocenters. The summed E-state index contributed by atoms with van der Waals surface area (Å²) >= 11 is 1.07. The van der Waals surface area contributed by atoms with Gasteiger partial charge in [-0.25, -0.2) is 5.43 Å². The van der Waals surface area contributed by atoms with Crippen molar-refractivity contribution in [2.75, 3.05) is 11.9 Å². The maximum atomic E-state index is 12.8. The van der Waals surface area contributed by atoms with E-state index in [0.29, 0.717) is 22.0 Å². The van der Waals surface area contributed by atoms with Crippen molar-refractivity contribution in [2.45, 2.75) is 53.4 Å². The molecule has 34 heavy (non-hydrogen) atoms. The maximum absolute atomic E-state index is 12.8. The number of nitrogens with two attached hydrogens (primary N) is 1. The number of aryl methyl sites for hydroxylation is 1. The number of nitrogens with zero attached hydrogens (tertiary/aromatic N) is 1. The van der Waals surface area contributed by atoms with Gasteiger partial charge in [-0.3, -0.25) is 14.4 Å². The van der Waals surface area contributed by atoms with Crippen molar-refractivity contribution in [3.63, 3.8) is 0 Å². The number of hydrazone groups is 1. The minimum Gasteiger partial charge on any atom is -0.402 e. The number of anilines is 1. The molecule has 2 aromatic rings. The molecule has 1 aromatic heterocycles. The second-order valence-electron chi connectivity index (χ2n) is 7.87. The van der Waals surface area contributed by atoms with Crippen molar-refractivity contribution in [2.24, 2.45) is 10.8 Å². The topological polar surface area (TPSA) is 126 Å². The average Bonchev–Trinajstić information content (AvgIpc) is 3.31. The lowest BCUT2D eigenvalue weighted by molar-refractivity contribution is -0.112. The van der Waals surface area contributed by atoms with Crippen LogP contribution < -0.4 is 21.8 Å². The maximum Gasteiger partial charge on any atom is 0.281 e. The molecule has 0 spiro atoms. The summed E-state index contributed by atoms with van der Waals surface area (Å²) < 4.78 is 0. The number of hydrogen-bond acceptors (Lipinski definition) is 6. The Bertz CT molecular complexity index is 1070. The summed E-state index contributed by atoms with van der Waals surface area (Å²) in [6.45, 7) is 7.88. The molecule has 8 nitrogen and oxygen atoms in total. The third-order valence-electron chi connectivity index (χ3n) is 4.93. The molecule has 182 valence electrons. The Kier molecular flexibility index (Phi) is 10.5. The Morgan fingerprint density at radius 1 is 0.941 bits per heavy atom. The number of rotatable bonds is 11. The monoisotopic (exact) mass is 483 g/mol. The van der Waals surface area contributed by atoms with Gasteiger partial charge >= 0.3 is 0 Å². The van der Waals surface area contributed by atoms with Crippen LogP contribution in [0.3, 0.4) is 0 Å². The summed E-state index contributed by atoms with van der Waals surface area (Å²) in [5, 5.41) is 9.66. The summed E-state index contributed by atoms with van der Waals surface area (Å²) in [4.78, 5) is 38.1. The van der Waals surface area contributed by atoms with E-state index in [4.69, 9.17) is 5.73 Å². The van der Waals surface area contributed by atoms with Gasteiger partial charge < -0.3 is 16.4 Å². The van der Waals surface area contributed by atoms with Crippen molar-refractivity contribution >= 4 is 40.5 Å². The zero-order valence-corrected chi connectivity index (χ0v) is 21.0. The summed E-state index contributed by atoms with van der Waals surface area (Å²) in [7, 11) is 0. The quantitative estimate of drug-likeness (QED) is 0.217. The number of benzene rings is 1. The van der Waals surface area contributed by atoms with Crippen molar-refractivity contribution < 1.29 is 14.4 Å². The summed E-state index contributed by atoms with van der Waals surface area (Å²) in [5.74, 6) is -1.11. The van der Waals surface area contributed by atoms with Crippen LogP contribution in [0, 0.1) is 0 Å². The van der Waals surface area contributed by atoms with Gasteiger partial charge in [0.25, 0.3) is 17.7 Å². The first-order chi connectivity index (χ1) is 16.3. The Morgan fingerprint density at radius 3 is 2.18 bits per heavy atom. The number of allylic oxidation sites excluding steroid dienone is 1. The van der Waals surface area contributed by atoms with Gasteiger partial charge in [-0.2, -0.15) is 5.10 Å². The van der Waals surface area contributed by atoms with Gasteiger partial charge in [0.1, 0.15) is 0 Å². The van der Waals surface area contributed by atoms with E-state index in [9.17, 15) is 14.4 Å². The van der Waals surface area contributed by atoms with Crippen LogP contribution in [-0.4, -0.2) is 30.0 Å². The van der Waals surface area contributed by atoms with Crippen molar-refractivity contribution in [3.8, 4) is 0 Å². The molecule has 1 heterocycles. The van der Waals surface area contributed by atoms with Crippen LogP contribution in [0.4, 0.5) is 5.69 Å². The van der Waals surface area contributed by atoms with Crippen LogP contribution in [0.5, 0.6) is 0 Å². The lowest BCUT2D eigenvalue weighted by atomic mass is 10.1. The third kappa shape index (κ3) is 7.84. The Hall–Kier alpha value is -3.46. The molecule has 0 aliphatic heterocycles. The zero-order chi connectivity index (χ0) is 25.1. The normalized spacial score (nSPS) is 12.1. The van der Waals surface area contributed by atoms with Gasteiger partial charge in [-0.05, 0) is 62.9 Å². The predicted octanol–water partition coefficient (Wildman–Crippen LogP) is 4.21. The summed E-state index contributed by atoms with van der Waals surface area (Å²) in [6, 6.07) is 10.8. The van der Waals surface area contributed by atoms with Crippen molar-refractivity contribution in [3.05, 3.63) is 63.0 Å². The van der Waals surface area contributed by atoms with Crippen LogP contribution in [0.1, 0.15) is 71.9 Å². The Morgan fingerprint density at radius 2 is 1.59 bits per heavy atom. The number of carbonyl (C=O) groups excluding carboxylic acids is 3. The molecule has 0 saturated carbocycles. The average molecular weight is 484 g/mol. The fourth-order valence-electron chi connectivity index (χ4n) is 3.11. The highest BCUT2D eigenvalue weighted by Crippen LogP contribution is 2.17. The molecule has 1 aromatic carbocycles. The minimum atomic E-state index is -0.476. The van der Waals surface area contributed by atoms with E-state index >= 15 is 0 Å². The molecule has 2 rings (SSSR count). The molecule has 3 amide bonds. The molecular formula is C25H33N5O3S. The van der Waals surface area contributed by atoms with Gasteiger partial charge in [0.15, 0.2) is 0 Å². The number of nitrogens with one attached hydrogen (secondary N) is 3. The second-order valence-corrected chi connectivity index (χ2v) is 8.95. The van der Waals surface area contributed by atoms with E-state index in [1.165, 1.54) is 5.56 Å². The van der Waals surface area contributed by atoms with E-state index in [-0.39, 0.29) is 22.9 Å². The van der Waals surface area contributed by atoms with Gasteiger partial charge in [0, 0.05) is 17.9 Å². The SMILES string of the molecule is CCCCc1ccc(NC(=O)C(C(C)=NNC(=O)c2ccc(C(=O)NCCC)s2)=C(C)N)cc1. The first kappa shape index (κ1) is 26.8. The van der Waals surface area contributed by atoms with E-state index in [2.05, 4.69) is 28.1 Å². The first-order valence-electron chi connectivity index (χ1n) is 11.4. The molecule has 0 aliphatic rings. The molecule has 0 bridgehead atoms. The smallest absolute Gasteiger partial charge is 0.281 e. The van der Waals surface area contributed by atoms with Crippen LogP contribution >= 0.6 is 11.3 Å². The van der Waals surface area contributed by atoms with Crippen LogP contribution in [0.25, 0.3) is 0 Å². The van der Waals surface area contributed by atoms with Crippen molar-refractivity contribution in [1.29, 1.82) is 0 Å². The number of amides is 3. The molecule has 0 radical (unpaired) electrons. The molecule has 0 unspecified atom stereocenters. The predicted molar refractivity (Wildman–Crippen MR) is 138 cm³/mol. The molecule has 0 aliphatic carbocycles. The first-order valence-corrected chi connectivity index (χ1v) is 12.2. The lowest BCUT2D eigenvalue weighted by Crippen LogP contribution is -2.25. The fraction of sp³-hybridized carbons (Fsp3) is 0.360. The number of thiophene rings is 1. The summed E-state index contributed by atoms with van der Waals surface area (Å²) in [5.41, 5.74) is 11.0. The van der Waals surface area contributed by atoms with Gasteiger partial charge in [0.05, 0.1) is 21.0 Å².